The molecule has 0 amide bonds. The maximum atomic E-state index is 11.1. The summed E-state index contributed by atoms with van der Waals surface area (Å²) in [5, 5.41) is 14.8. The van der Waals surface area contributed by atoms with Gasteiger partial charge in [-0.25, -0.2) is 4.98 Å². The van der Waals surface area contributed by atoms with Gasteiger partial charge in [-0.2, -0.15) is 0 Å². The molecule has 0 saturated carbocycles. The zero-order chi connectivity index (χ0) is 10.9. The molecule has 2 heterocycles. The maximum absolute atomic E-state index is 11.1. The number of nitrogens with zero attached hydrogens (tertiary/aromatic N) is 1. The number of carboxylic acid groups (broad SMARTS) is 1. The smallest absolute Gasteiger partial charge is 0.313 e. The summed E-state index contributed by atoms with van der Waals surface area (Å²) in [5.41, 5.74) is -0.869. The monoisotopic (exact) mass is 228 g/mol. The second-order valence-electron chi connectivity index (χ2n) is 3.77. The van der Waals surface area contributed by atoms with Crippen molar-refractivity contribution < 1.29 is 14.6 Å². The summed E-state index contributed by atoms with van der Waals surface area (Å²) in [6, 6.07) is -0.221. The molecule has 1 aliphatic heterocycles. The van der Waals surface area contributed by atoms with E-state index in [0.29, 0.717) is 6.61 Å². The van der Waals surface area contributed by atoms with Crippen molar-refractivity contribution in [3.63, 3.8) is 0 Å². The van der Waals surface area contributed by atoms with E-state index in [9.17, 15) is 4.79 Å². The van der Waals surface area contributed by atoms with Crippen molar-refractivity contribution in [2.24, 2.45) is 5.41 Å². The number of ether oxygens (including phenoxy) is 1. The number of nitrogens with one attached hydrogen (secondary N) is 1. The van der Waals surface area contributed by atoms with Crippen molar-refractivity contribution in [2.75, 3.05) is 18.5 Å². The minimum Gasteiger partial charge on any atom is -0.481 e. The topological polar surface area (TPSA) is 71.5 Å². The highest BCUT2D eigenvalue weighted by Crippen LogP contribution is 2.31. The molecule has 0 aromatic carbocycles. The van der Waals surface area contributed by atoms with Crippen LogP contribution in [0, 0.1) is 5.41 Å². The van der Waals surface area contributed by atoms with Crippen LogP contribution >= 0.6 is 11.3 Å². The molecular weight excluding hydrogens is 216 g/mol. The summed E-state index contributed by atoms with van der Waals surface area (Å²) in [4.78, 5) is 15.2. The van der Waals surface area contributed by atoms with Gasteiger partial charge >= 0.3 is 5.97 Å². The quantitative estimate of drug-likeness (QED) is 0.809. The number of carbonyl (C=O) groups is 1. The van der Waals surface area contributed by atoms with Gasteiger partial charge in [0.05, 0.1) is 19.3 Å². The molecule has 0 radical (unpaired) electrons. The van der Waals surface area contributed by atoms with Crippen molar-refractivity contribution >= 4 is 22.4 Å². The summed E-state index contributed by atoms with van der Waals surface area (Å²) in [7, 11) is 0. The molecule has 15 heavy (non-hydrogen) atoms. The van der Waals surface area contributed by atoms with Gasteiger partial charge < -0.3 is 15.2 Å². The molecule has 0 spiro atoms. The van der Waals surface area contributed by atoms with Crippen LogP contribution in [0.3, 0.4) is 0 Å². The first-order valence-corrected chi connectivity index (χ1v) is 5.48. The van der Waals surface area contributed by atoms with Crippen LogP contribution in [-0.2, 0) is 9.53 Å². The van der Waals surface area contributed by atoms with Crippen molar-refractivity contribution in [3.05, 3.63) is 11.6 Å². The molecule has 82 valence electrons. The van der Waals surface area contributed by atoms with Gasteiger partial charge in [0, 0.05) is 11.6 Å². The van der Waals surface area contributed by atoms with Crippen molar-refractivity contribution in [2.45, 2.75) is 13.0 Å². The van der Waals surface area contributed by atoms with Gasteiger partial charge in [0.2, 0.25) is 0 Å². The third-order valence-corrected chi connectivity index (χ3v) is 3.38. The number of aromatic nitrogens is 1. The Balaban J connectivity index is 2.12. The van der Waals surface area contributed by atoms with Crippen LogP contribution in [0.4, 0.5) is 5.13 Å². The van der Waals surface area contributed by atoms with E-state index in [0.717, 1.165) is 5.13 Å². The third-order valence-electron chi connectivity index (χ3n) is 2.67. The molecule has 1 aromatic rings. The summed E-state index contributed by atoms with van der Waals surface area (Å²) in [5.74, 6) is -0.839. The fourth-order valence-corrected chi connectivity index (χ4v) is 2.11. The molecule has 2 unspecified atom stereocenters. The predicted molar refractivity (Wildman–Crippen MR) is 56.1 cm³/mol. The normalized spacial score (nSPS) is 30.3. The molecule has 2 rings (SSSR count). The summed E-state index contributed by atoms with van der Waals surface area (Å²) < 4.78 is 5.22. The summed E-state index contributed by atoms with van der Waals surface area (Å²) in [6.07, 6.45) is 1.68. The third kappa shape index (κ3) is 1.82. The van der Waals surface area contributed by atoms with Crippen LogP contribution in [0.2, 0.25) is 0 Å². The Morgan fingerprint density at radius 3 is 3.27 bits per heavy atom. The van der Waals surface area contributed by atoms with Gasteiger partial charge in [-0.3, -0.25) is 4.79 Å². The number of thiazole rings is 1. The van der Waals surface area contributed by atoms with Crippen molar-refractivity contribution in [1.82, 2.24) is 4.98 Å². The highest BCUT2D eigenvalue weighted by molar-refractivity contribution is 7.13. The Hall–Kier alpha value is -1.14. The minimum absolute atomic E-state index is 0.221. The van der Waals surface area contributed by atoms with Crippen molar-refractivity contribution in [3.8, 4) is 0 Å². The fraction of sp³-hybridized carbons (Fsp3) is 0.556. The molecule has 2 atom stereocenters. The molecule has 2 N–H and O–H groups in total. The van der Waals surface area contributed by atoms with Crippen LogP contribution in [0.1, 0.15) is 6.92 Å². The molecule has 1 aromatic heterocycles. The molecule has 1 fully saturated rings. The first-order valence-electron chi connectivity index (χ1n) is 4.60. The lowest BCUT2D eigenvalue weighted by atomic mass is 9.85. The van der Waals surface area contributed by atoms with Crippen LogP contribution in [0.15, 0.2) is 11.6 Å². The first-order chi connectivity index (χ1) is 7.13. The van der Waals surface area contributed by atoms with Crippen LogP contribution < -0.4 is 5.32 Å². The lowest BCUT2D eigenvalue weighted by Gasteiger charge is -2.25. The zero-order valence-corrected chi connectivity index (χ0v) is 9.08. The molecular formula is C9H12N2O3S. The highest BCUT2D eigenvalue weighted by Gasteiger charge is 2.46. The second kappa shape index (κ2) is 3.79. The Morgan fingerprint density at radius 1 is 1.87 bits per heavy atom. The van der Waals surface area contributed by atoms with E-state index in [4.69, 9.17) is 9.84 Å². The van der Waals surface area contributed by atoms with Gasteiger partial charge in [-0.05, 0) is 6.92 Å². The average Bonchev–Trinajstić information content (AvgIpc) is 2.78. The second-order valence-corrected chi connectivity index (χ2v) is 4.67. The number of carboxylic acids is 1. The molecule has 6 heteroatoms. The highest BCUT2D eigenvalue weighted by atomic mass is 32.1. The van der Waals surface area contributed by atoms with E-state index in [1.54, 1.807) is 13.1 Å². The Kier molecular flexibility index (Phi) is 2.62. The van der Waals surface area contributed by atoms with E-state index < -0.39 is 11.4 Å². The Morgan fingerprint density at radius 2 is 2.67 bits per heavy atom. The molecule has 0 bridgehead atoms. The minimum atomic E-state index is -0.869. The number of hydrogen-bond acceptors (Lipinski definition) is 5. The average molecular weight is 228 g/mol. The van der Waals surface area contributed by atoms with E-state index in [-0.39, 0.29) is 12.6 Å². The number of rotatable bonds is 3. The van der Waals surface area contributed by atoms with E-state index >= 15 is 0 Å². The van der Waals surface area contributed by atoms with Crippen LogP contribution in [0.25, 0.3) is 0 Å². The standard InChI is InChI=1S/C9H12N2O3S/c1-9(7(12)13)5-14-4-6(9)11-8-10-2-3-15-8/h2-3,6H,4-5H2,1H3,(H,10,11)(H,12,13). The molecule has 5 nitrogen and oxygen atoms in total. The number of hydrogen-bond donors (Lipinski definition) is 2. The van der Waals surface area contributed by atoms with Gasteiger partial charge in [0.25, 0.3) is 0 Å². The number of anilines is 1. The molecule has 1 saturated heterocycles. The lowest BCUT2D eigenvalue weighted by molar-refractivity contribution is -0.148. The van der Waals surface area contributed by atoms with Gasteiger partial charge in [-0.1, -0.05) is 0 Å². The maximum Gasteiger partial charge on any atom is 0.313 e. The zero-order valence-electron chi connectivity index (χ0n) is 8.27. The Bertz CT molecular complexity index is 354. The summed E-state index contributed by atoms with van der Waals surface area (Å²) >= 11 is 1.45. The van der Waals surface area contributed by atoms with Gasteiger partial charge in [-0.15, -0.1) is 11.3 Å². The predicted octanol–water partition coefficient (Wildman–Crippen LogP) is 1.04. The molecule has 0 aliphatic carbocycles. The van der Waals surface area contributed by atoms with Gasteiger partial charge in [0.15, 0.2) is 5.13 Å². The van der Waals surface area contributed by atoms with E-state index in [2.05, 4.69) is 10.3 Å². The van der Waals surface area contributed by atoms with Crippen LogP contribution in [0.5, 0.6) is 0 Å². The van der Waals surface area contributed by atoms with Gasteiger partial charge in [0.1, 0.15) is 5.41 Å². The summed E-state index contributed by atoms with van der Waals surface area (Å²) in [6.45, 7) is 2.33. The largest absolute Gasteiger partial charge is 0.481 e. The van der Waals surface area contributed by atoms with E-state index in [1.165, 1.54) is 11.3 Å². The molecule has 1 aliphatic rings. The van der Waals surface area contributed by atoms with Crippen LogP contribution in [-0.4, -0.2) is 35.3 Å². The first kappa shape index (κ1) is 10.4. The SMILES string of the molecule is CC1(C(=O)O)COCC1Nc1nccs1. The Labute approximate surface area is 91.1 Å². The van der Waals surface area contributed by atoms with E-state index in [1.807, 2.05) is 5.38 Å². The lowest BCUT2D eigenvalue weighted by Crippen LogP contribution is -2.43. The number of aliphatic carboxylic acids is 1. The fourth-order valence-electron chi connectivity index (χ4n) is 1.53. The van der Waals surface area contributed by atoms with Crippen molar-refractivity contribution in [1.29, 1.82) is 0 Å².